The molecule has 0 spiro atoms. The molecule has 8 nitrogen and oxygen atoms in total. The normalized spacial score (nSPS) is 13.9. The van der Waals surface area contributed by atoms with Crippen LogP contribution in [0.5, 0.6) is 0 Å². The van der Waals surface area contributed by atoms with Gasteiger partial charge in [0.15, 0.2) is 0 Å². The maximum atomic E-state index is 11.3. The van der Waals surface area contributed by atoms with Gasteiger partial charge in [0.05, 0.1) is 46.2 Å². The van der Waals surface area contributed by atoms with E-state index in [-0.39, 0.29) is 32.3 Å². The summed E-state index contributed by atoms with van der Waals surface area (Å²) in [7, 11) is 0. The average molecular weight is 330 g/mol. The van der Waals surface area contributed by atoms with E-state index in [4.69, 9.17) is 14.2 Å². The summed E-state index contributed by atoms with van der Waals surface area (Å²) in [6, 6.07) is 0. The fourth-order valence-corrected chi connectivity index (χ4v) is 1.80. The van der Waals surface area contributed by atoms with Crippen molar-refractivity contribution >= 4 is 17.7 Å². The number of hydrogen-bond acceptors (Lipinski definition) is 6. The molecule has 0 unspecified atom stereocenters. The minimum Gasteiger partial charge on any atom is -0.379 e. The third-order valence-electron chi connectivity index (χ3n) is 2.95. The van der Waals surface area contributed by atoms with Gasteiger partial charge in [0, 0.05) is 26.5 Å². The summed E-state index contributed by atoms with van der Waals surface area (Å²) in [5.74, 6) is -0.633. The molecule has 1 rings (SSSR count). The number of rotatable bonds is 13. The highest BCUT2D eigenvalue weighted by Gasteiger charge is 2.22. The molecule has 23 heavy (non-hydrogen) atoms. The molecule has 0 aliphatic carbocycles. The van der Waals surface area contributed by atoms with Gasteiger partial charge < -0.3 is 19.5 Å². The van der Waals surface area contributed by atoms with Gasteiger partial charge in [-0.15, -0.1) is 0 Å². The van der Waals surface area contributed by atoms with Gasteiger partial charge in [-0.3, -0.25) is 19.3 Å². The van der Waals surface area contributed by atoms with Crippen molar-refractivity contribution in [3.63, 3.8) is 0 Å². The predicted octanol–water partition coefficient (Wildman–Crippen LogP) is -0.267. The van der Waals surface area contributed by atoms with Crippen molar-refractivity contribution in [2.75, 3.05) is 52.7 Å². The van der Waals surface area contributed by atoms with Crippen LogP contribution in [0.3, 0.4) is 0 Å². The SMILES string of the molecule is CCNC(=O)CCOCCOCCOCCN1C(=O)C=CC1=O.[HH]. The summed E-state index contributed by atoms with van der Waals surface area (Å²) in [5, 5.41) is 2.69. The van der Waals surface area contributed by atoms with Gasteiger partial charge in [-0.1, -0.05) is 0 Å². The topological polar surface area (TPSA) is 94.2 Å². The van der Waals surface area contributed by atoms with E-state index in [9.17, 15) is 14.4 Å². The third kappa shape index (κ3) is 8.44. The fourth-order valence-electron chi connectivity index (χ4n) is 1.80. The van der Waals surface area contributed by atoms with Crippen LogP contribution >= 0.6 is 0 Å². The van der Waals surface area contributed by atoms with Crippen molar-refractivity contribution in [2.24, 2.45) is 0 Å². The Morgan fingerprint density at radius 3 is 2.09 bits per heavy atom. The zero-order valence-electron chi connectivity index (χ0n) is 13.4. The van der Waals surface area contributed by atoms with Crippen LogP contribution in [0.1, 0.15) is 14.8 Å². The molecule has 3 amide bonds. The van der Waals surface area contributed by atoms with Gasteiger partial charge in [-0.05, 0) is 6.92 Å². The largest absolute Gasteiger partial charge is 0.379 e. The number of carbonyl (C=O) groups is 3. The van der Waals surface area contributed by atoms with Gasteiger partial charge in [-0.25, -0.2) is 0 Å². The van der Waals surface area contributed by atoms with E-state index in [0.717, 1.165) is 4.90 Å². The van der Waals surface area contributed by atoms with Crippen molar-refractivity contribution in [3.05, 3.63) is 12.2 Å². The first-order valence-electron chi connectivity index (χ1n) is 7.68. The Morgan fingerprint density at radius 2 is 1.52 bits per heavy atom. The third-order valence-corrected chi connectivity index (χ3v) is 2.95. The highest BCUT2D eigenvalue weighted by molar-refractivity contribution is 6.12. The lowest BCUT2D eigenvalue weighted by molar-refractivity contribution is -0.137. The molecule has 0 fully saturated rings. The number of imide groups is 1. The molecule has 0 aromatic rings. The summed E-state index contributed by atoms with van der Waals surface area (Å²) in [5.41, 5.74) is 0. The first-order chi connectivity index (χ1) is 11.1. The van der Waals surface area contributed by atoms with E-state index in [1.807, 2.05) is 6.92 Å². The number of nitrogens with zero attached hydrogens (tertiary/aromatic N) is 1. The Bertz CT molecular complexity index is 412. The van der Waals surface area contributed by atoms with Gasteiger partial charge in [0.25, 0.3) is 11.8 Å². The molecular formula is C15H26N2O6. The summed E-state index contributed by atoms with van der Waals surface area (Å²) >= 11 is 0. The van der Waals surface area contributed by atoms with Crippen molar-refractivity contribution in [1.82, 2.24) is 10.2 Å². The predicted molar refractivity (Wildman–Crippen MR) is 83.7 cm³/mol. The van der Waals surface area contributed by atoms with E-state index < -0.39 is 0 Å². The monoisotopic (exact) mass is 330 g/mol. The smallest absolute Gasteiger partial charge is 0.253 e. The van der Waals surface area contributed by atoms with Crippen molar-refractivity contribution in [3.8, 4) is 0 Å². The van der Waals surface area contributed by atoms with E-state index in [1.54, 1.807) is 0 Å². The number of amides is 3. The lowest BCUT2D eigenvalue weighted by Gasteiger charge is -2.13. The van der Waals surface area contributed by atoms with Crippen LogP contribution in [0.2, 0.25) is 0 Å². The maximum Gasteiger partial charge on any atom is 0.253 e. The van der Waals surface area contributed by atoms with Crippen LogP contribution in [-0.2, 0) is 28.6 Å². The Balaban J connectivity index is 0.00000529. The Labute approximate surface area is 137 Å². The molecular weight excluding hydrogens is 304 g/mol. The quantitative estimate of drug-likeness (QED) is 0.369. The second-order valence-corrected chi connectivity index (χ2v) is 4.70. The Kier molecular flexibility index (Phi) is 9.85. The van der Waals surface area contributed by atoms with E-state index in [0.29, 0.717) is 46.0 Å². The summed E-state index contributed by atoms with van der Waals surface area (Å²) in [4.78, 5) is 34.8. The lowest BCUT2D eigenvalue weighted by atomic mass is 10.4. The first kappa shape index (κ1) is 19.3. The highest BCUT2D eigenvalue weighted by atomic mass is 16.5. The molecule has 0 saturated carbocycles. The highest BCUT2D eigenvalue weighted by Crippen LogP contribution is 2.02. The molecule has 0 radical (unpaired) electrons. The molecule has 1 N–H and O–H groups in total. The minimum atomic E-state index is -0.306. The second-order valence-electron chi connectivity index (χ2n) is 4.70. The van der Waals surface area contributed by atoms with Crippen molar-refractivity contribution < 1.29 is 30.0 Å². The zero-order chi connectivity index (χ0) is 16.9. The summed E-state index contributed by atoms with van der Waals surface area (Å²) < 4.78 is 15.8. The molecule has 1 aliphatic rings. The number of ether oxygens (including phenoxy) is 3. The van der Waals surface area contributed by atoms with E-state index in [2.05, 4.69) is 5.32 Å². The molecule has 8 heteroatoms. The van der Waals surface area contributed by atoms with Gasteiger partial charge >= 0.3 is 0 Å². The number of nitrogens with one attached hydrogen (secondary N) is 1. The molecule has 132 valence electrons. The standard InChI is InChI=1S/C15H24N2O6.H2/c1-2-16-13(18)5-7-21-9-11-23-12-10-22-8-6-17-14(19)3-4-15(17)20;/h3-4H,2,5-12H2,1H3,(H,16,18);1H. The number of hydrogen-bond donors (Lipinski definition) is 1. The number of carbonyl (C=O) groups excluding carboxylic acids is 3. The first-order valence-corrected chi connectivity index (χ1v) is 7.68. The molecule has 0 aromatic carbocycles. The van der Waals surface area contributed by atoms with Gasteiger partial charge in [0.2, 0.25) is 5.91 Å². The average Bonchev–Trinajstić information content (AvgIpc) is 2.84. The van der Waals surface area contributed by atoms with Crippen LogP contribution in [0.15, 0.2) is 12.2 Å². The van der Waals surface area contributed by atoms with Crippen LogP contribution in [-0.4, -0.2) is 75.4 Å². The fraction of sp³-hybridized carbons (Fsp3) is 0.667. The van der Waals surface area contributed by atoms with Gasteiger partial charge in [0.1, 0.15) is 0 Å². The van der Waals surface area contributed by atoms with Crippen LogP contribution in [0.25, 0.3) is 0 Å². The lowest BCUT2D eigenvalue weighted by Crippen LogP contribution is -2.33. The summed E-state index contributed by atoms with van der Waals surface area (Å²) in [6.45, 7) is 5.01. The Hall–Kier alpha value is -1.77. The van der Waals surface area contributed by atoms with Crippen molar-refractivity contribution in [2.45, 2.75) is 13.3 Å². The minimum absolute atomic E-state index is 0. The van der Waals surface area contributed by atoms with Crippen LogP contribution < -0.4 is 5.32 Å². The molecule has 0 aromatic heterocycles. The Morgan fingerprint density at radius 1 is 1.00 bits per heavy atom. The molecule has 0 saturated heterocycles. The molecule has 0 atom stereocenters. The van der Waals surface area contributed by atoms with Crippen molar-refractivity contribution in [1.29, 1.82) is 0 Å². The van der Waals surface area contributed by atoms with Crippen LogP contribution in [0.4, 0.5) is 0 Å². The zero-order valence-corrected chi connectivity index (χ0v) is 13.4. The maximum absolute atomic E-state index is 11.3. The summed E-state index contributed by atoms with van der Waals surface area (Å²) in [6.07, 6.45) is 2.84. The second kappa shape index (κ2) is 11.8. The van der Waals surface area contributed by atoms with E-state index >= 15 is 0 Å². The molecule has 0 bridgehead atoms. The van der Waals surface area contributed by atoms with Gasteiger partial charge in [-0.2, -0.15) is 0 Å². The van der Waals surface area contributed by atoms with E-state index in [1.165, 1.54) is 12.2 Å². The molecule has 1 aliphatic heterocycles. The van der Waals surface area contributed by atoms with Crippen LogP contribution in [0, 0.1) is 0 Å². The molecule has 1 heterocycles.